The highest BCUT2D eigenvalue weighted by atomic mass is 32.1. The minimum atomic E-state index is 0.0591. The van der Waals surface area contributed by atoms with E-state index < -0.39 is 0 Å². The van der Waals surface area contributed by atoms with E-state index >= 15 is 0 Å². The number of hydrogen-bond donors (Lipinski definition) is 2. The van der Waals surface area contributed by atoms with Gasteiger partial charge in [0.25, 0.3) is 0 Å². The average Bonchev–Trinajstić information content (AvgIpc) is 3.21. The minimum absolute atomic E-state index is 0.0591. The molecule has 4 nitrogen and oxygen atoms in total. The molecule has 0 heterocycles. The van der Waals surface area contributed by atoms with Crippen molar-refractivity contribution in [3.63, 3.8) is 0 Å². The Morgan fingerprint density at radius 2 is 2.05 bits per heavy atom. The largest absolute Gasteiger partial charge is 0.497 e. The molecule has 1 aliphatic rings. The first-order valence-electron chi connectivity index (χ1n) is 6.43. The third-order valence-electron chi connectivity index (χ3n) is 3.16. The minimum Gasteiger partial charge on any atom is -0.497 e. The smallest absolute Gasteiger partial charge is 0.166 e. The molecular formula is C14H20N2O2S. The maximum atomic E-state index is 5.38. The van der Waals surface area contributed by atoms with E-state index in [1.54, 1.807) is 14.2 Å². The zero-order chi connectivity index (χ0) is 13.8. The highest BCUT2D eigenvalue weighted by Crippen LogP contribution is 2.29. The molecule has 1 aromatic rings. The highest BCUT2D eigenvalue weighted by molar-refractivity contribution is 7.80. The van der Waals surface area contributed by atoms with Crippen LogP contribution in [0.5, 0.6) is 11.5 Å². The van der Waals surface area contributed by atoms with Crippen LogP contribution in [0, 0.1) is 0 Å². The summed E-state index contributed by atoms with van der Waals surface area (Å²) in [4.78, 5) is 0. The van der Waals surface area contributed by atoms with Crippen molar-refractivity contribution in [3.8, 4) is 11.5 Å². The van der Waals surface area contributed by atoms with Crippen molar-refractivity contribution in [2.45, 2.75) is 31.8 Å². The first-order chi connectivity index (χ1) is 9.13. The molecule has 0 aliphatic heterocycles. The van der Waals surface area contributed by atoms with Gasteiger partial charge in [0.05, 0.1) is 20.3 Å². The zero-order valence-corrected chi connectivity index (χ0v) is 12.3. The second kappa shape index (κ2) is 6.10. The number of hydrogen-bond acceptors (Lipinski definition) is 3. The quantitative estimate of drug-likeness (QED) is 0.811. The summed E-state index contributed by atoms with van der Waals surface area (Å²) in [5.41, 5.74) is 1.03. The first kappa shape index (κ1) is 13.9. The van der Waals surface area contributed by atoms with Crippen molar-refractivity contribution in [1.82, 2.24) is 10.6 Å². The van der Waals surface area contributed by atoms with Gasteiger partial charge in [0, 0.05) is 11.6 Å². The van der Waals surface area contributed by atoms with Gasteiger partial charge >= 0.3 is 0 Å². The normalized spacial score (nSPS) is 15.5. The van der Waals surface area contributed by atoms with Gasteiger partial charge in [-0.2, -0.15) is 0 Å². The summed E-state index contributed by atoms with van der Waals surface area (Å²) in [7, 11) is 3.32. The average molecular weight is 280 g/mol. The van der Waals surface area contributed by atoms with Crippen molar-refractivity contribution in [1.29, 1.82) is 0 Å². The monoisotopic (exact) mass is 280 g/mol. The number of nitrogens with one attached hydrogen (secondary N) is 2. The van der Waals surface area contributed by atoms with Crippen molar-refractivity contribution in [2.24, 2.45) is 0 Å². The molecule has 19 heavy (non-hydrogen) atoms. The van der Waals surface area contributed by atoms with Crippen molar-refractivity contribution < 1.29 is 9.47 Å². The second-order valence-corrected chi connectivity index (χ2v) is 5.13. The lowest BCUT2D eigenvalue weighted by molar-refractivity contribution is 0.395. The van der Waals surface area contributed by atoms with E-state index in [0.29, 0.717) is 11.2 Å². The second-order valence-electron chi connectivity index (χ2n) is 4.72. The fraction of sp³-hybridized carbons (Fsp3) is 0.500. The van der Waals surface area contributed by atoms with Gasteiger partial charge in [0.2, 0.25) is 0 Å². The van der Waals surface area contributed by atoms with Gasteiger partial charge < -0.3 is 20.1 Å². The molecule has 5 heteroatoms. The third kappa shape index (κ3) is 3.73. The highest BCUT2D eigenvalue weighted by Gasteiger charge is 2.22. The summed E-state index contributed by atoms with van der Waals surface area (Å²) >= 11 is 5.29. The molecule has 0 spiro atoms. The fourth-order valence-electron chi connectivity index (χ4n) is 1.91. The molecule has 0 radical (unpaired) electrons. The Labute approximate surface area is 119 Å². The fourth-order valence-corrected chi connectivity index (χ4v) is 2.25. The van der Waals surface area contributed by atoms with Gasteiger partial charge in [-0.3, -0.25) is 0 Å². The van der Waals surface area contributed by atoms with Crippen LogP contribution < -0.4 is 20.1 Å². The Morgan fingerprint density at radius 3 is 2.63 bits per heavy atom. The van der Waals surface area contributed by atoms with Crippen molar-refractivity contribution in [2.75, 3.05) is 14.2 Å². The van der Waals surface area contributed by atoms with Gasteiger partial charge in [0.15, 0.2) is 5.11 Å². The van der Waals surface area contributed by atoms with E-state index in [1.807, 2.05) is 18.2 Å². The van der Waals surface area contributed by atoms with Crippen LogP contribution in [0.15, 0.2) is 18.2 Å². The van der Waals surface area contributed by atoms with Crippen LogP contribution in [0.25, 0.3) is 0 Å². The number of rotatable bonds is 5. The number of benzene rings is 1. The number of ether oxygens (including phenoxy) is 2. The third-order valence-corrected chi connectivity index (χ3v) is 3.40. The van der Waals surface area contributed by atoms with E-state index in [4.69, 9.17) is 21.7 Å². The van der Waals surface area contributed by atoms with E-state index in [-0.39, 0.29) is 6.04 Å². The lowest BCUT2D eigenvalue weighted by Gasteiger charge is -2.20. The van der Waals surface area contributed by atoms with Crippen LogP contribution in [0.2, 0.25) is 0 Å². The molecule has 2 N–H and O–H groups in total. The molecule has 104 valence electrons. The van der Waals surface area contributed by atoms with Gasteiger partial charge in [-0.15, -0.1) is 0 Å². The predicted molar refractivity (Wildman–Crippen MR) is 79.9 cm³/mol. The molecule has 1 unspecified atom stereocenters. The summed E-state index contributed by atoms with van der Waals surface area (Å²) in [6.07, 6.45) is 2.41. The molecular weight excluding hydrogens is 260 g/mol. The molecule has 1 aliphatic carbocycles. The van der Waals surface area contributed by atoms with Crippen LogP contribution in [0.1, 0.15) is 31.4 Å². The van der Waals surface area contributed by atoms with Crippen molar-refractivity contribution >= 4 is 17.3 Å². The van der Waals surface area contributed by atoms with E-state index in [9.17, 15) is 0 Å². The Balaban J connectivity index is 2.07. The Morgan fingerprint density at radius 1 is 1.32 bits per heavy atom. The number of methoxy groups -OCH3 is 2. The molecule has 1 saturated carbocycles. The Bertz CT molecular complexity index is 461. The molecule has 0 amide bonds. The zero-order valence-electron chi connectivity index (χ0n) is 11.5. The Kier molecular flexibility index (Phi) is 4.47. The molecule has 0 aromatic heterocycles. The van der Waals surface area contributed by atoms with Gasteiger partial charge in [-0.25, -0.2) is 0 Å². The van der Waals surface area contributed by atoms with E-state index in [1.165, 1.54) is 12.8 Å². The van der Waals surface area contributed by atoms with E-state index in [2.05, 4.69) is 17.6 Å². The van der Waals surface area contributed by atoms with Gasteiger partial charge in [-0.1, -0.05) is 0 Å². The van der Waals surface area contributed by atoms with Crippen LogP contribution in [-0.4, -0.2) is 25.4 Å². The van der Waals surface area contributed by atoms with Gasteiger partial charge in [-0.05, 0) is 50.2 Å². The topological polar surface area (TPSA) is 42.5 Å². The van der Waals surface area contributed by atoms with Crippen LogP contribution in [0.4, 0.5) is 0 Å². The number of thiocarbonyl (C=S) groups is 1. The Hall–Kier alpha value is -1.49. The molecule has 0 bridgehead atoms. The van der Waals surface area contributed by atoms with Gasteiger partial charge in [0.1, 0.15) is 11.5 Å². The maximum absolute atomic E-state index is 5.38. The molecule has 1 fully saturated rings. The predicted octanol–water partition coefficient (Wildman–Crippen LogP) is 2.39. The first-order valence-corrected chi connectivity index (χ1v) is 6.84. The summed E-state index contributed by atoms with van der Waals surface area (Å²) in [5, 5.41) is 7.24. The summed E-state index contributed by atoms with van der Waals surface area (Å²) in [5.74, 6) is 1.64. The van der Waals surface area contributed by atoms with Crippen molar-refractivity contribution in [3.05, 3.63) is 23.8 Å². The van der Waals surface area contributed by atoms with Crippen LogP contribution in [-0.2, 0) is 0 Å². The standard InChI is InChI=1S/C14H20N2O2S/c1-9(15-14(19)16-10-4-5-10)12-8-11(17-2)6-7-13(12)18-3/h6-10H,4-5H2,1-3H3,(H2,15,16,19). The molecule has 0 saturated heterocycles. The SMILES string of the molecule is COc1ccc(OC)c(C(C)NC(=S)NC2CC2)c1. The summed E-state index contributed by atoms with van der Waals surface area (Å²) < 4.78 is 10.6. The summed E-state index contributed by atoms with van der Waals surface area (Å²) in [6.45, 7) is 2.05. The summed E-state index contributed by atoms with van der Waals surface area (Å²) in [6, 6.07) is 6.37. The lowest BCUT2D eigenvalue weighted by Crippen LogP contribution is -2.38. The molecule has 2 rings (SSSR count). The molecule has 1 aromatic carbocycles. The maximum Gasteiger partial charge on any atom is 0.166 e. The van der Waals surface area contributed by atoms with E-state index in [0.717, 1.165) is 17.1 Å². The molecule has 1 atom stereocenters. The lowest BCUT2D eigenvalue weighted by atomic mass is 10.1. The van der Waals surface area contributed by atoms with Crippen LogP contribution >= 0.6 is 12.2 Å². The van der Waals surface area contributed by atoms with Crippen LogP contribution in [0.3, 0.4) is 0 Å².